The molecule has 5 rings (SSSR count). The molecule has 0 bridgehead atoms. The molecule has 1 aliphatic rings. The van der Waals surface area contributed by atoms with E-state index in [4.69, 9.17) is 9.47 Å². The molecule has 220 valence electrons. The minimum Gasteiger partial charge on any atom is -0.485 e. The second kappa shape index (κ2) is 11.9. The molecule has 4 aromatic rings. The highest BCUT2D eigenvalue weighted by Gasteiger charge is 2.35. The maximum atomic E-state index is 15.9. The standard InChI is InChI=1S/C31H27F5N2O4/c1-19-27(22-9-5-12-26(28(22)33)42-21-14-16-41-18-21)29(39)37(15-13-20-7-3-2-4-8-20)30(40)38(19)17-23-24(31(34,35)36)10-6-11-25(23)32/h2-12,21H,13-18H2,1H3/t21-/m1/s1. The van der Waals surface area contributed by atoms with Crippen molar-refractivity contribution in [2.24, 2.45) is 0 Å². The van der Waals surface area contributed by atoms with Crippen LogP contribution >= 0.6 is 0 Å². The number of aromatic nitrogens is 2. The highest BCUT2D eigenvalue weighted by Crippen LogP contribution is 2.34. The van der Waals surface area contributed by atoms with E-state index in [0.717, 1.165) is 32.9 Å². The zero-order valence-corrected chi connectivity index (χ0v) is 22.6. The summed E-state index contributed by atoms with van der Waals surface area (Å²) in [7, 11) is 0. The Morgan fingerprint density at radius 2 is 1.69 bits per heavy atom. The predicted molar refractivity (Wildman–Crippen MR) is 146 cm³/mol. The molecule has 11 heteroatoms. The Morgan fingerprint density at radius 1 is 0.952 bits per heavy atom. The molecule has 0 spiro atoms. The summed E-state index contributed by atoms with van der Waals surface area (Å²) < 4.78 is 84.9. The minimum atomic E-state index is -4.90. The van der Waals surface area contributed by atoms with Crippen LogP contribution in [0.4, 0.5) is 22.0 Å². The number of hydrogen-bond donors (Lipinski definition) is 0. The van der Waals surface area contributed by atoms with E-state index in [-0.39, 0.29) is 42.1 Å². The summed E-state index contributed by atoms with van der Waals surface area (Å²) in [4.78, 5) is 27.5. The molecule has 2 heterocycles. The third-order valence-corrected chi connectivity index (χ3v) is 7.31. The van der Waals surface area contributed by atoms with Gasteiger partial charge in [-0.25, -0.2) is 13.6 Å². The molecular formula is C31H27F5N2O4. The first-order chi connectivity index (χ1) is 20.1. The van der Waals surface area contributed by atoms with Gasteiger partial charge in [-0.1, -0.05) is 48.5 Å². The number of aryl methyl sites for hydroxylation is 1. The van der Waals surface area contributed by atoms with E-state index in [2.05, 4.69) is 0 Å². The summed E-state index contributed by atoms with van der Waals surface area (Å²) in [6.45, 7) is 1.07. The van der Waals surface area contributed by atoms with E-state index in [1.165, 1.54) is 25.1 Å². The van der Waals surface area contributed by atoms with Gasteiger partial charge in [0, 0.05) is 29.8 Å². The normalized spacial score (nSPS) is 15.2. The number of nitrogens with zero attached hydrogens (tertiary/aromatic N) is 2. The molecule has 1 aromatic heterocycles. The van der Waals surface area contributed by atoms with Crippen molar-refractivity contribution in [3.63, 3.8) is 0 Å². The van der Waals surface area contributed by atoms with Crippen LogP contribution in [0, 0.1) is 18.6 Å². The van der Waals surface area contributed by atoms with Gasteiger partial charge in [0.1, 0.15) is 11.9 Å². The second-order valence-corrected chi connectivity index (χ2v) is 10.0. The van der Waals surface area contributed by atoms with E-state index in [9.17, 15) is 27.2 Å². The Bertz CT molecular complexity index is 1710. The fraction of sp³-hybridized carbons (Fsp3) is 0.290. The summed E-state index contributed by atoms with van der Waals surface area (Å²) in [6.07, 6.45) is -4.51. The number of ether oxygens (including phenoxy) is 2. The SMILES string of the molecule is Cc1c(-c2cccc(O[C@@H]3CCOC3)c2F)c(=O)n(CCc2ccccc2)c(=O)n1Cc1c(F)cccc1C(F)(F)F. The molecule has 42 heavy (non-hydrogen) atoms. The van der Waals surface area contributed by atoms with Gasteiger partial charge in [-0.2, -0.15) is 13.2 Å². The summed E-state index contributed by atoms with van der Waals surface area (Å²) >= 11 is 0. The topological polar surface area (TPSA) is 62.5 Å². The highest BCUT2D eigenvalue weighted by atomic mass is 19.4. The van der Waals surface area contributed by atoms with Crippen LogP contribution in [0.3, 0.4) is 0 Å². The first kappa shape index (κ1) is 29.2. The number of halogens is 5. The maximum Gasteiger partial charge on any atom is 0.416 e. The maximum absolute atomic E-state index is 15.9. The van der Waals surface area contributed by atoms with Crippen LogP contribution in [0.5, 0.6) is 5.75 Å². The summed E-state index contributed by atoms with van der Waals surface area (Å²) in [5.41, 5.74) is -3.53. The molecule has 3 aromatic carbocycles. The average Bonchev–Trinajstić information content (AvgIpc) is 3.47. The van der Waals surface area contributed by atoms with Crippen LogP contribution in [-0.2, 0) is 30.4 Å². The van der Waals surface area contributed by atoms with Gasteiger partial charge < -0.3 is 9.47 Å². The third-order valence-electron chi connectivity index (χ3n) is 7.31. The van der Waals surface area contributed by atoms with Gasteiger partial charge in [-0.3, -0.25) is 13.9 Å². The molecule has 0 unspecified atom stereocenters. The lowest BCUT2D eigenvalue weighted by Crippen LogP contribution is -2.43. The molecule has 6 nitrogen and oxygen atoms in total. The lowest BCUT2D eigenvalue weighted by molar-refractivity contribution is -0.138. The fourth-order valence-electron chi connectivity index (χ4n) is 5.10. The lowest BCUT2D eigenvalue weighted by atomic mass is 10.0. The largest absolute Gasteiger partial charge is 0.485 e. The van der Waals surface area contributed by atoms with Crippen LogP contribution in [0.15, 0.2) is 76.3 Å². The summed E-state index contributed by atoms with van der Waals surface area (Å²) in [6, 6.07) is 15.7. The molecule has 1 fully saturated rings. The summed E-state index contributed by atoms with van der Waals surface area (Å²) in [5.74, 6) is -2.17. The quantitative estimate of drug-likeness (QED) is 0.247. The molecule has 0 N–H and O–H groups in total. The monoisotopic (exact) mass is 586 g/mol. The first-order valence-electron chi connectivity index (χ1n) is 13.3. The van der Waals surface area contributed by atoms with Crippen LogP contribution in [0.1, 0.15) is 28.8 Å². The Kier molecular flexibility index (Phi) is 8.31. The van der Waals surface area contributed by atoms with Crippen LogP contribution in [-0.4, -0.2) is 28.5 Å². The van der Waals surface area contributed by atoms with Gasteiger partial charge >= 0.3 is 11.9 Å². The van der Waals surface area contributed by atoms with E-state index in [0.29, 0.717) is 13.0 Å². The van der Waals surface area contributed by atoms with E-state index >= 15 is 4.39 Å². The molecular weight excluding hydrogens is 559 g/mol. The minimum absolute atomic E-state index is 0.113. The van der Waals surface area contributed by atoms with Crippen LogP contribution < -0.4 is 16.0 Å². The lowest BCUT2D eigenvalue weighted by Gasteiger charge is -2.21. The summed E-state index contributed by atoms with van der Waals surface area (Å²) in [5, 5.41) is 0. The molecule has 0 saturated carbocycles. The number of rotatable bonds is 8. The van der Waals surface area contributed by atoms with Gasteiger partial charge in [0.2, 0.25) is 0 Å². The number of benzene rings is 3. The van der Waals surface area contributed by atoms with Crippen molar-refractivity contribution in [1.82, 2.24) is 9.13 Å². The van der Waals surface area contributed by atoms with Gasteiger partial charge in [0.05, 0.1) is 30.9 Å². The highest BCUT2D eigenvalue weighted by molar-refractivity contribution is 5.67. The van der Waals surface area contributed by atoms with Crippen LogP contribution in [0.25, 0.3) is 11.1 Å². The molecule has 1 atom stereocenters. The van der Waals surface area contributed by atoms with Crippen molar-refractivity contribution in [3.8, 4) is 16.9 Å². The van der Waals surface area contributed by atoms with Crippen LogP contribution in [0.2, 0.25) is 0 Å². The van der Waals surface area contributed by atoms with Crippen molar-refractivity contribution >= 4 is 0 Å². The Balaban J connectivity index is 1.68. The Morgan fingerprint density at radius 3 is 2.38 bits per heavy atom. The average molecular weight is 587 g/mol. The number of hydrogen-bond acceptors (Lipinski definition) is 4. The van der Waals surface area contributed by atoms with E-state index in [1.54, 1.807) is 30.3 Å². The molecule has 0 amide bonds. The fourth-order valence-corrected chi connectivity index (χ4v) is 5.10. The number of alkyl halides is 3. The van der Waals surface area contributed by atoms with E-state index in [1.807, 2.05) is 0 Å². The predicted octanol–water partition coefficient (Wildman–Crippen LogP) is 5.74. The van der Waals surface area contributed by atoms with Crippen molar-refractivity contribution in [3.05, 3.63) is 122 Å². The Labute approximate surface area is 237 Å². The zero-order chi connectivity index (χ0) is 30.0. The molecule has 1 saturated heterocycles. The first-order valence-corrected chi connectivity index (χ1v) is 13.3. The Hall–Kier alpha value is -4.25. The molecule has 1 aliphatic heterocycles. The third kappa shape index (κ3) is 5.87. The zero-order valence-electron chi connectivity index (χ0n) is 22.6. The van der Waals surface area contributed by atoms with Gasteiger partial charge in [-0.05, 0) is 37.1 Å². The van der Waals surface area contributed by atoms with Crippen molar-refractivity contribution < 1.29 is 31.4 Å². The molecule has 0 radical (unpaired) electrons. The smallest absolute Gasteiger partial charge is 0.416 e. The van der Waals surface area contributed by atoms with Gasteiger partial charge in [0.15, 0.2) is 11.6 Å². The van der Waals surface area contributed by atoms with Crippen molar-refractivity contribution in [1.29, 1.82) is 0 Å². The molecule has 0 aliphatic carbocycles. The second-order valence-electron chi connectivity index (χ2n) is 10.0. The van der Waals surface area contributed by atoms with Crippen molar-refractivity contribution in [2.45, 2.75) is 45.1 Å². The van der Waals surface area contributed by atoms with E-state index < -0.39 is 52.8 Å². The van der Waals surface area contributed by atoms with Crippen molar-refractivity contribution in [2.75, 3.05) is 13.2 Å². The van der Waals surface area contributed by atoms with Gasteiger partial charge in [0.25, 0.3) is 5.56 Å². The van der Waals surface area contributed by atoms with Gasteiger partial charge in [-0.15, -0.1) is 0 Å².